The third-order valence-electron chi connectivity index (χ3n) is 4.06. The first-order valence-electron chi connectivity index (χ1n) is 7.76. The number of unbranched alkanes of at least 4 members (excludes halogenated alkanes) is 1. The summed E-state index contributed by atoms with van der Waals surface area (Å²) >= 11 is 11.9. The Morgan fingerprint density at radius 2 is 2.04 bits per heavy atom. The fourth-order valence-electron chi connectivity index (χ4n) is 2.79. The molecule has 1 unspecified atom stereocenters. The van der Waals surface area contributed by atoms with Gasteiger partial charge in [0.25, 0.3) is 0 Å². The summed E-state index contributed by atoms with van der Waals surface area (Å²) in [6.45, 7) is 2.64. The number of benzene rings is 1. The summed E-state index contributed by atoms with van der Waals surface area (Å²) in [7, 11) is -3.02. The van der Waals surface area contributed by atoms with E-state index in [1.54, 1.807) is 23.1 Å². The molecule has 1 fully saturated rings. The van der Waals surface area contributed by atoms with Gasteiger partial charge in [-0.25, -0.2) is 8.42 Å². The lowest BCUT2D eigenvalue weighted by Gasteiger charge is -2.28. The van der Waals surface area contributed by atoms with Crippen molar-refractivity contribution < 1.29 is 13.2 Å². The number of carbonyl (C=O) groups excluding carboxylic acids is 1. The van der Waals surface area contributed by atoms with E-state index in [-0.39, 0.29) is 29.9 Å². The first-order chi connectivity index (χ1) is 10.8. The van der Waals surface area contributed by atoms with Crippen LogP contribution in [0.4, 0.5) is 0 Å². The van der Waals surface area contributed by atoms with Crippen LogP contribution >= 0.6 is 23.2 Å². The quantitative estimate of drug-likeness (QED) is 0.763. The molecule has 1 aromatic rings. The molecule has 23 heavy (non-hydrogen) atoms. The fraction of sp³-hybridized carbons (Fsp3) is 0.562. The predicted octanol–water partition coefficient (Wildman–Crippen LogP) is 3.35. The van der Waals surface area contributed by atoms with Crippen LogP contribution in [0.2, 0.25) is 10.0 Å². The number of halogens is 2. The van der Waals surface area contributed by atoms with Gasteiger partial charge in [0.1, 0.15) is 0 Å². The third-order valence-corrected chi connectivity index (χ3v) is 6.55. The van der Waals surface area contributed by atoms with E-state index in [4.69, 9.17) is 23.2 Å². The Kier molecular flexibility index (Phi) is 6.34. The Labute approximate surface area is 147 Å². The van der Waals surface area contributed by atoms with E-state index in [1.165, 1.54) is 0 Å². The molecule has 0 aliphatic carbocycles. The van der Waals surface area contributed by atoms with Crippen LogP contribution in [0, 0.1) is 0 Å². The first-order valence-corrected chi connectivity index (χ1v) is 10.3. The highest BCUT2D eigenvalue weighted by Gasteiger charge is 2.34. The van der Waals surface area contributed by atoms with Crippen molar-refractivity contribution in [3.8, 4) is 0 Å². The largest absolute Gasteiger partial charge is 0.338 e. The summed E-state index contributed by atoms with van der Waals surface area (Å²) in [5.74, 6) is 0.184. The average molecular weight is 378 g/mol. The number of hydrogen-bond donors (Lipinski definition) is 0. The van der Waals surface area contributed by atoms with Gasteiger partial charge in [0.15, 0.2) is 9.84 Å². The van der Waals surface area contributed by atoms with Crippen molar-refractivity contribution in [2.75, 3.05) is 18.1 Å². The Balaban J connectivity index is 2.11. The molecule has 1 heterocycles. The molecular formula is C16H21Cl2NO3S. The van der Waals surface area contributed by atoms with E-state index in [0.29, 0.717) is 23.0 Å². The molecule has 2 rings (SSSR count). The van der Waals surface area contributed by atoms with Crippen LogP contribution in [0.1, 0.15) is 31.7 Å². The lowest BCUT2D eigenvalue weighted by Crippen LogP contribution is -2.42. The normalized spacial score (nSPS) is 19.7. The summed E-state index contributed by atoms with van der Waals surface area (Å²) in [6.07, 6.45) is 2.55. The van der Waals surface area contributed by atoms with E-state index in [9.17, 15) is 13.2 Å². The van der Waals surface area contributed by atoms with Gasteiger partial charge in [-0.3, -0.25) is 4.79 Å². The van der Waals surface area contributed by atoms with Gasteiger partial charge in [0, 0.05) is 12.6 Å². The zero-order valence-electron chi connectivity index (χ0n) is 13.1. The van der Waals surface area contributed by atoms with Gasteiger partial charge in [-0.15, -0.1) is 0 Å². The lowest BCUT2D eigenvalue weighted by molar-refractivity contribution is -0.132. The van der Waals surface area contributed by atoms with E-state index >= 15 is 0 Å². The molecule has 1 atom stereocenters. The van der Waals surface area contributed by atoms with Crippen molar-refractivity contribution in [1.29, 1.82) is 0 Å². The number of hydrogen-bond acceptors (Lipinski definition) is 3. The molecule has 0 bridgehead atoms. The summed E-state index contributed by atoms with van der Waals surface area (Å²) in [5.41, 5.74) is 0.784. The van der Waals surface area contributed by atoms with Crippen molar-refractivity contribution in [2.45, 2.75) is 38.6 Å². The molecule has 0 aromatic heterocycles. The highest BCUT2D eigenvalue weighted by Crippen LogP contribution is 2.24. The SMILES string of the molecule is CCCCN(C(=O)Cc1ccc(Cl)c(Cl)c1)C1CCS(=O)(=O)C1. The van der Waals surface area contributed by atoms with Crippen LogP contribution in [0.25, 0.3) is 0 Å². The average Bonchev–Trinajstić information content (AvgIpc) is 2.83. The van der Waals surface area contributed by atoms with Crippen LogP contribution in [-0.2, 0) is 21.1 Å². The molecular weight excluding hydrogens is 357 g/mol. The summed E-state index contributed by atoms with van der Waals surface area (Å²) in [6, 6.07) is 4.92. The van der Waals surface area contributed by atoms with Crippen LogP contribution < -0.4 is 0 Å². The fourth-order valence-corrected chi connectivity index (χ4v) is 4.84. The second-order valence-electron chi connectivity index (χ2n) is 5.92. The predicted molar refractivity (Wildman–Crippen MR) is 93.8 cm³/mol. The minimum atomic E-state index is -3.02. The van der Waals surface area contributed by atoms with Crippen LogP contribution in [0.3, 0.4) is 0 Å². The molecule has 1 aliphatic rings. The molecule has 0 N–H and O–H groups in total. The zero-order chi connectivity index (χ0) is 17.0. The second-order valence-corrected chi connectivity index (χ2v) is 8.97. The van der Waals surface area contributed by atoms with E-state index in [0.717, 1.165) is 18.4 Å². The Morgan fingerprint density at radius 1 is 1.30 bits per heavy atom. The van der Waals surface area contributed by atoms with Gasteiger partial charge in [-0.05, 0) is 30.5 Å². The van der Waals surface area contributed by atoms with E-state index < -0.39 is 9.84 Å². The molecule has 1 aromatic carbocycles. The number of nitrogens with zero attached hydrogens (tertiary/aromatic N) is 1. The molecule has 0 saturated carbocycles. The Hall–Kier alpha value is -0.780. The van der Waals surface area contributed by atoms with Crippen molar-refractivity contribution in [2.24, 2.45) is 0 Å². The van der Waals surface area contributed by atoms with Gasteiger partial charge in [0.05, 0.1) is 28.0 Å². The Bertz CT molecular complexity index is 676. The smallest absolute Gasteiger partial charge is 0.227 e. The van der Waals surface area contributed by atoms with E-state index in [1.807, 2.05) is 6.92 Å². The summed E-state index contributed by atoms with van der Waals surface area (Å²) < 4.78 is 23.4. The molecule has 1 aliphatic heterocycles. The van der Waals surface area contributed by atoms with Gasteiger partial charge >= 0.3 is 0 Å². The highest BCUT2D eigenvalue weighted by molar-refractivity contribution is 7.91. The Morgan fingerprint density at radius 3 is 2.61 bits per heavy atom. The lowest BCUT2D eigenvalue weighted by atomic mass is 10.1. The van der Waals surface area contributed by atoms with Crippen LogP contribution in [-0.4, -0.2) is 43.3 Å². The monoisotopic (exact) mass is 377 g/mol. The molecule has 0 spiro atoms. The zero-order valence-corrected chi connectivity index (χ0v) is 15.4. The van der Waals surface area contributed by atoms with Crippen molar-refractivity contribution in [3.05, 3.63) is 33.8 Å². The molecule has 128 valence electrons. The second kappa shape index (κ2) is 7.86. The molecule has 4 nitrogen and oxygen atoms in total. The van der Waals surface area contributed by atoms with E-state index in [2.05, 4.69) is 0 Å². The van der Waals surface area contributed by atoms with Crippen LogP contribution in [0.15, 0.2) is 18.2 Å². The van der Waals surface area contributed by atoms with Gasteiger partial charge in [-0.1, -0.05) is 42.6 Å². The van der Waals surface area contributed by atoms with Crippen molar-refractivity contribution in [3.63, 3.8) is 0 Å². The number of rotatable bonds is 6. The van der Waals surface area contributed by atoms with Crippen LogP contribution in [0.5, 0.6) is 0 Å². The topological polar surface area (TPSA) is 54.5 Å². The molecule has 1 amide bonds. The molecule has 7 heteroatoms. The maximum Gasteiger partial charge on any atom is 0.227 e. The van der Waals surface area contributed by atoms with Crippen molar-refractivity contribution >= 4 is 38.9 Å². The van der Waals surface area contributed by atoms with Gasteiger partial charge in [-0.2, -0.15) is 0 Å². The first kappa shape index (κ1) is 18.6. The maximum atomic E-state index is 12.7. The minimum absolute atomic E-state index is 0.0565. The third kappa shape index (κ3) is 5.10. The standard InChI is InChI=1S/C16H21Cl2NO3S/c1-2-3-7-19(13-6-8-23(21,22)11-13)16(20)10-12-4-5-14(17)15(18)9-12/h4-5,9,13H,2-3,6-8,10-11H2,1H3. The minimum Gasteiger partial charge on any atom is -0.338 e. The number of amides is 1. The maximum absolute atomic E-state index is 12.7. The summed E-state index contributed by atoms with van der Waals surface area (Å²) in [5, 5.41) is 0.869. The number of sulfone groups is 1. The van der Waals surface area contributed by atoms with Crippen molar-refractivity contribution in [1.82, 2.24) is 4.90 Å². The summed E-state index contributed by atoms with van der Waals surface area (Å²) in [4.78, 5) is 14.4. The molecule has 0 radical (unpaired) electrons. The molecule has 1 saturated heterocycles. The number of carbonyl (C=O) groups is 1. The van der Waals surface area contributed by atoms with Gasteiger partial charge in [0.2, 0.25) is 5.91 Å². The van der Waals surface area contributed by atoms with Gasteiger partial charge < -0.3 is 4.90 Å². The highest BCUT2D eigenvalue weighted by atomic mass is 35.5.